The number of aliphatic hydroxyl groups is 2. The number of ether oxygens (including phenoxy) is 1. The van der Waals surface area contributed by atoms with Crippen LogP contribution in [0.3, 0.4) is 0 Å². The normalized spacial score (nSPS) is 14.0. The Morgan fingerprint density at radius 2 is 1.93 bits per heavy atom. The van der Waals surface area contributed by atoms with Crippen molar-refractivity contribution in [3.8, 4) is 0 Å². The summed E-state index contributed by atoms with van der Waals surface area (Å²) in [5.74, 6) is 1.01. The molecular weight excluding hydrogens is 489 g/mol. The fraction of sp³-hybridized carbons (Fsp3) is 0.550. The van der Waals surface area contributed by atoms with E-state index in [1.54, 1.807) is 11.3 Å². The van der Waals surface area contributed by atoms with Crippen LogP contribution >= 0.6 is 35.3 Å². The van der Waals surface area contributed by atoms with Gasteiger partial charge < -0.3 is 25.6 Å². The van der Waals surface area contributed by atoms with Gasteiger partial charge in [0.05, 0.1) is 19.3 Å². The van der Waals surface area contributed by atoms with Gasteiger partial charge in [-0.2, -0.15) is 0 Å². The number of aliphatic hydroxyl groups excluding tert-OH is 2. The lowest BCUT2D eigenvalue weighted by Gasteiger charge is -2.15. The first-order valence-electron chi connectivity index (χ1n) is 9.44. The van der Waals surface area contributed by atoms with Crippen LogP contribution in [0.1, 0.15) is 31.8 Å². The Morgan fingerprint density at radius 1 is 1.18 bits per heavy atom. The summed E-state index contributed by atoms with van der Waals surface area (Å²) < 4.78 is 6.60. The van der Waals surface area contributed by atoms with Gasteiger partial charge >= 0.3 is 0 Å². The third-order valence-corrected chi connectivity index (χ3v) is 5.02. The van der Waals surface area contributed by atoms with Crippen molar-refractivity contribution < 1.29 is 14.9 Å². The number of guanidine groups is 1. The van der Waals surface area contributed by atoms with E-state index in [1.165, 1.54) is 0 Å². The third kappa shape index (κ3) is 8.60. The molecule has 0 aliphatic carbocycles. The van der Waals surface area contributed by atoms with Crippen LogP contribution in [0.5, 0.6) is 0 Å². The van der Waals surface area contributed by atoms with Crippen molar-refractivity contribution >= 4 is 51.4 Å². The zero-order valence-electron chi connectivity index (χ0n) is 16.7. The summed E-state index contributed by atoms with van der Waals surface area (Å²) in [6.45, 7) is 8.29. The first-order chi connectivity index (χ1) is 13.0. The zero-order valence-corrected chi connectivity index (χ0v) is 19.9. The molecule has 0 aliphatic rings. The molecule has 0 radical (unpaired) electrons. The van der Waals surface area contributed by atoms with Gasteiger partial charge in [0.2, 0.25) is 0 Å². The average molecular weight is 521 g/mol. The number of nitrogens with one attached hydrogen (secondary N) is 2. The number of nitrogens with zero attached hydrogens (tertiary/aromatic N) is 1. The van der Waals surface area contributed by atoms with Gasteiger partial charge in [0.1, 0.15) is 6.10 Å². The van der Waals surface area contributed by atoms with Gasteiger partial charge in [-0.3, -0.25) is 4.99 Å². The van der Waals surface area contributed by atoms with E-state index in [9.17, 15) is 10.2 Å². The summed E-state index contributed by atoms with van der Waals surface area (Å²) in [6.07, 6.45) is -1.27. The van der Waals surface area contributed by atoms with Crippen molar-refractivity contribution in [1.29, 1.82) is 0 Å². The second-order valence-electron chi connectivity index (χ2n) is 6.89. The molecule has 2 rings (SSSR count). The molecule has 0 bridgehead atoms. The second-order valence-corrected chi connectivity index (χ2v) is 8.00. The maximum atomic E-state index is 10.5. The molecule has 0 amide bonds. The summed E-state index contributed by atoms with van der Waals surface area (Å²) in [6, 6.07) is 10.1. The van der Waals surface area contributed by atoms with E-state index >= 15 is 0 Å². The number of fused-ring (bicyclic) bond motifs is 1. The number of hydrogen-bond acceptors (Lipinski definition) is 5. The van der Waals surface area contributed by atoms with Crippen molar-refractivity contribution in [2.75, 3.05) is 32.8 Å². The highest BCUT2D eigenvalue weighted by atomic mass is 127. The maximum Gasteiger partial charge on any atom is 0.191 e. The lowest BCUT2D eigenvalue weighted by atomic mass is 10.2. The van der Waals surface area contributed by atoms with Crippen molar-refractivity contribution in [3.63, 3.8) is 0 Å². The van der Waals surface area contributed by atoms with Gasteiger partial charge in [-0.25, -0.2) is 0 Å². The van der Waals surface area contributed by atoms with E-state index in [2.05, 4.69) is 35.5 Å². The SMILES string of the molecule is CCNC(=NCC(O)COCC(C)C)NCC(O)c1cc2ccccc2s1.I. The molecule has 2 unspecified atom stereocenters. The monoisotopic (exact) mass is 521 g/mol. The number of benzene rings is 1. The Labute approximate surface area is 188 Å². The van der Waals surface area contributed by atoms with Crippen LogP contribution in [0.4, 0.5) is 0 Å². The van der Waals surface area contributed by atoms with Crippen LogP contribution in [0.2, 0.25) is 0 Å². The largest absolute Gasteiger partial charge is 0.389 e. The van der Waals surface area contributed by atoms with Crippen LogP contribution in [0, 0.1) is 5.92 Å². The molecule has 1 heterocycles. The molecule has 0 spiro atoms. The minimum atomic E-state index is -0.647. The van der Waals surface area contributed by atoms with E-state index in [-0.39, 0.29) is 37.1 Å². The summed E-state index contributed by atoms with van der Waals surface area (Å²) in [5, 5.41) is 27.9. The van der Waals surface area contributed by atoms with Gasteiger partial charge in [-0.1, -0.05) is 32.0 Å². The van der Waals surface area contributed by atoms with Crippen molar-refractivity contribution in [2.45, 2.75) is 33.0 Å². The highest BCUT2D eigenvalue weighted by Crippen LogP contribution is 2.29. The Bertz CT molecular complexity index is 691. The molecule has 6 nitrogen and oxygen atoms in total. The summed E-state index contributed by atoms with van der Waals surface area (Å²) >= 11 is 1.59. The first-order valence-corrected chi connectivity index (χ1v) is 10.3. The summed E-state index contributed by atoms with van der Waals surface area (Å²) in [4.78, 5) is 5.29. The molecule has 8 heteroatoms. The fourth-order valence-electron chi connectivity index (χ4n) is 2.49. The van der Waals surface area contributed by atoms with Crippen LogP contribution in [-0.2, 0) is 4.74 Å². The van der Waals surface area contributed by atoms with Crippen molar-refractivity contribution in [3.05, 3.63) is 35.2 Å². The topological polar surface area (TPSA) is 86.1 Å². The van der Waals surface area contributed by atoms with Gasteiger partial charge in [-0.05, 0) is 30.4 Å². The van der Waals surface area contributed by atoms with Crippen LogP contribution < -0.4 is 10.6 Å². The smallest absolute Gasteiger partial charge is 0.191 e. The zero-order chi connectivity index (χ0) is 19.6. The molecule has 2 aromatic rings. The minimum absolute atomic E-state index is 0. The lowest BCUT2D eigenvalue weighted by molar-refractivity contribution is 0.0301. The van der Waals surface area contributed by atoms with Crippen molar-refractivity contribution in [1.82, 2.24) is 10.6 Å². The molecular formula is C20H32IN3O3S. The number of thiophene rings is 1. The summed E-state index contributed by atoms with van der Waals surface area (Å²) in [7, 11) is 0. The molecule has 1 aromatic heterocycles. The predicted molar refractivity (Wildman–Crippen MR) is 128 cm³/mol. The molecule has 1 aromatic carbocycles. The second kappa shape index (κ2) is 13.3. The Hall–Kier alpha value is -0.940. The number of aliphatic imine (C=N–C) groups is 1. The van der Waals surface area contributed by atoms with Crippen LogP contribution in [0.25, 0.3) is 10.1 Å². The molecule has 4 N–H and O–H groups in total. The van der Waals surface area contributed by atoms with Crippen LogP contribution in [-0.4, -0.2) is 55.1 Å². The van der Waals surface area contributed by atoms with Gasteiger partial charge in [0.25, 0.3) is 0 Å². The van der Waals surface area contributed by atoms with E-state index in [1.807, 2.05) is 31.2 Å². The van der Waals surface area contributed by atoms with Gasteiger partial charge in [0.15, 0.2) is 5.96 Å². The van der Waals surface area contributed by atoms with E-state index in [0.717, 1.165) is 15.0 Å². The van der Waals surface area contributed by atoms with Crippen LogP contribution in [0.15, 0.2) is 35.3 Å². The Kier molecular flexibility index (Phi) is 11.9. The molecule has 0 fully saturated rings. The van der Waals surface area contributed by atoms with E-state index in [4.69, 9.17) is 4.74 Å². The van der Waals surface area contributed by atoms with E-state index in [0.29, 0.717) is 31.6 Å². The van der Waals surface area contributed by atoms with Gasteiger partial charge in [0, 0.05) is 29.3 Å². The molecule has 0 saturated carbocycles. The standard InChI is InChI=1S/C20H31N3O3S.HI/c1-4-21-20(22-10-16(24)13-26-12-14(2)3)23-11-17(25)19-9-15-7-5-6-8-18(15)27-19;/h5-9,14,16-17,24-25H,4,10-13H2,1-3H3,(H2,21,22,23);1H. The van der Waals surface area contributed by atoms with Crippen molar-refractivity contribution in [2.24, 2.45) is 10.9 Å². The minimum Gasteiger partial charge on any atom is -0.389 e. The van der Waals surface area contributed by atoms with Gasteiger partial charge in [-0.15, -0.1) is 35.3 Å². The average Bonchev–Trinajstić information content (AvgIpc) is 3.07. The third-order valence-electron chi connectivity index (χ3n) is 3.80. The molecule has 158 valence electrons. The molecule has 28 heavy (non-hydrogen) atoms. The molecule has 0 aliphatic heterocycles. The number of halogens is 1. The number of hydrogen-bond donors (Lipinski definition) is 4. The Morgan fingerprint density at radius 3 is 2.61 bits per heavy atom. The van der Waals surface area contributed by atoms with E-state index < -0.39 is 12.2 Å². The highest BCUT2D eigenvalue weighted by molar-refractivity contribution is 14.0. The molecule has 0 saturated heterocycles. The molecule has 2 atom stereocenters. The number of rotatable bonds is 10. The Balaban J connectivity index is 0.00000392. The maximum absolute atomic E-state index is 10.5. The quantitative estimate of drug-likeness (QED) is 0.219. The highest BCUT2D eigenvalue weighted by Gasteiger charge is 2.12. The fourth-order valence-corrected chi connectivity index (χ4v) is 3.54. The lowest BCUT2D eigenvalue weighted by Crippen LogP contribution is -2.40. The summed E-state index contributed by atoms with van der Waals surface area (Å²) in [5.41, 5.74) is 0. The predicted octanol–water partition coefficient (Wildman–Crippen LogP) is 3.14. The first kappa shape index (κ1) is 25.1.